The quantitative estimate of drug-likeness (QED) is 0.794. The van der Waals surface area contributed by atoms with Crippen LogP contribution in [0, 0.1) is 5.92 Å². The molecule has 1 aromatic carbocycles. The van der Waals surface area contributed by atoms with Crippen molar-refractivity contribution in [3.63, 3.8) is 0 Å². The van der Waals surface area contributed by atoms with Gasteiger partial charge in [0, 0.05) is 25.2 Å². The lowest BCUT2D eigenvalue weighted by Crippen LogP contribution is -2.47. The number of nitrogens with one attached hydrogen (secondary N) is 1. The Morgan fingerprint density at radius 1 is 1.13 bits per heavy atom. The third-order valence-electron chi connectivity index (χ3n) is 4.95. The molecule has 0 aliphatic carbocycles. The van der Waals surface area contributed by atoms with Crippen LogP contribution < -0.4 is 5.32 Å². The summed E-state index contributed by atoms with van der Waals surface area (Å²) in [6.07, 6.45) is 3.82. The maximum absolute atomic E-state index is 3.82. The number of likely N-dealkylation sites (tertiary alicyclic amines) is 1. The van der Waals surface area contributed by atoms with E-state index in [4.69, 9.17) is 0 Å². The molecule has 1 aromatic rings. The van der Waals surface area contributed by atoms with Crippen molar-refractivity contribution in [2.45, 2.75) is 51.7 Å². The Labute approximate surface area is 143 Å². The molecule has 1 saturated heterocycles. The van der Waals surface area contributed by atoms with Gasteiger partial charge < -0.3 is 10.2 Å². The van der Waals surface area contributed by atoms with Gasteiger partial charge in [-0.1, -0.05) is 44.2 Å². The zero-order valence-electron chi connectivity index (χ0n) is 15.5. The molecule has 23 heavy (non-hydrogen) atoms. The van der Waals surface area contributed by atoms with Gasteiger partial charge in [0.15, 0.2) is 0 Å². The van der Waals surface area contributed by atoms with Crippen LogP contribution >= 0.6 is 0 Å². The second kappa shape index (κ2) is 9.41. The zero-order valence-corrected chi connectivity index (χ0v) is 15.5. The highest BCUT2D eigenvalue weighted by Gasteiger charge is 2.21. The van der Waals surface area contributed by atoms with E-state index in [9.17, 15) is 0 Å². The maximum Gasteiger partial charge on any atom is 0.0233 e. The van der Waals surface area contributed by atoms with Gasteiger partial charge in [-0.05, 0) is 57.9 Å². The summed E-state index contributed by atoms with van der Waals surface area (Å²) in [6.45, 7) is 9.28. The third-order valence-corrected chi connectivity index (χ3v) is 4.95. The highest BCUT2D eigenvalue weighted by Crippen LogP contribution is 2.15. The van der Waals surface area contributed by atoms with E-state index in [1.54, 1.807) is 0 Å². The molecule has 1 aliphatic heterocycles. The van der Waals surface area contributed by atoms with E-state index in [1.807, 2.05) is 0 Å². The van der Waals surface area contributed by atoms with E-state index in [-0.39, 0.29) is 0 Å². The van der Waals surface area contributed by atoms with E-state index in [0.29, 0.717) is 12.1 Å². The van der Waals surface area contributed by atoms with Crippen LogP contribution in [0.2, 0.25) is 0 Å². The fraction of sp³-hybridized carbons (Fsp3) is 0.700. The van der Waals surface area contributed by atoms with E-state index in [1.165, 1.54) is 37.9 Å². The molecule has 0 radical (unpaired) electrons. The van der Waals surface area contributed by atoms with Crippen molar-refractivity contribution in [3.8, 4) is 0 Å². The lowest BCUT2D eigenvalue weighted by Gasteiger charge is -2.34. The first-order valence-corrected chi connectivity index (χ1v) is 9.20. The minimum Gasteiger partial charge on any atom is -0.312 e. The molecule has 0 saturated carbocycles. The highest BCUT2D eigenvalue weighted by molar-refractivity contribution is 5.14. The molecule has 1 atom stereocenters. The van der Waals surface area contributed by atoms with Crippen LogP contribution in [0.3, 0.4) is 0 Å². The van der Waals surface area contributed by atoms with Gasteiger partial charge in [-0.2, -0.15) is 0 Å². The zero-order chi connectivity index (χ0) is 16.7. The summed E-state index contributed by atoms with van der Waals surface area (Å²) in [5.74, 6) is 0.761. The Balaban J connectivity index is 1.70. The van der Waals surface area contributed by atoms with Gasteiger partial charge in [-0.3, -0.25) is 4.90 Å². The van der Waals surface area contributed by atoms with Gasteiger partial charge in [-0.15, -0.1) is 0 Å². The minimum atomic E-state index is 0.650. The van der Waals surface area contributed by atoms with Crippen LogP contribution in [0.15, 0.2) is 30.3 Å². The predicted molar refractivity (Wildman–Crippen MR) is 99.7 cm³/mol. The van der Waals surface area contributed by atoms with Crippen LogP contribution in [0.1, 0.15) is 38.7 Å². The van der Waals surface area contributed by atoms with Gasteiger partial charge in [0.05, 0.1) is 0 Å². The summed E-state index contributed by atoms with van der Waals surface area (Å²) in [6, 6.07) is 12.2. The molecule has 1 aliphatic rings. The van der Waals surface area contributed by atoms with Gasteiger partial charge in [-0.25, -0.2) is 0 Å². The minimum absolute atomic E-state index is 0.650. The second-order valence-corrected chi connectivity index (χ2v) is 7.69. The lowest BCUT2D eigenvalue weighted by molar-refractivity contribution is 0.177. The van der Waals surface area contributed by atoms with Crippen molar-refractivity contribution < 1.29 is 0 Å². The van der Waals surface area contributed by atoms with Gasteiger partial charge in [0.1, 0.15) is 0 Å². The molecule has 130 valence electrons. The Kier molecular flexibility index (Phi) is 7.54. The van der Waals surface area contributed by atoms with Crippen molar-refractivity contribution >= 4 is 0 Å². The van der Waals surface area contributed by atoms with Crippen LogP contribution in [0.25, 0.3) is 0 Å². The molecule has 1 fully saturated rings. The molecule has 1 heterocycles. The number of hydrogen-bond donors (Lipinski definition) is 1. The van der Waals surface area contributed by atoms with Crippen molar-refractivity contribution in [3.05, 3.63) is 35.9 Å². The largest absolute Gasteiger partial charge is 0.312 e. The molecule has 0 bridgehead atoms. The van der Waals surface area contributed by atoms with E-state index in [0.717, 1.165) is 19.0 Å². The van der Waals surface area contributed by atoms with Crippen molar-refractivity contribution in [1.29, 1.82) is 0 Å². The molecular formula is C20H35N3. The molecular weight excluding hydrogens is 282 g/mol. The van der Waals surface area contributed by atoms with Crippen LogP contribution in [-0.4, -0.2) is 55.6 Å². The standard InChI is InChI=1S/C20H35N3/c1-17(2)14-20(22(3)4)15-21-19-10-12-23(13-11-19)16-18-8-6-5-7-9-18/h5-9,17,19-21H,10-16H2,1-4H3. The van der Waals surface area contributed by atoms with Gasteiger partial charge >= 0.3 is 0 Å². The second-order valence-electron chi connectivity index (χ2n) is 7.69. The SMILES string of the molecule is CC(C)CC(CNC1CCN(Cc2ccccc2)CC1)N(C)C. The van der Waals surface area contributed by atoms with Crippen LogP contribution in [0.5, 0.6) is 0 Å². The van der Waals surface area contributed by atoms with Crippen molar-refractivity contribution in [2.24, 2.45) is 5.92 Å². The Morgan fingerprint density at radius 3 is 2.35 bits per heavy atom. The number of hydrogen-bond acceptors (Lipinski definition) is 3. The Morgan fingerprint density at radius 2 is 1.78 bits per heavy atom. The van der Waals surface area contributed by atoms with Crippen LogP contribution in [0.4, 0.5) is 0 Å². The smallest absolute Gasteiger partial charge is 0.0233 e. The molecule has 3 heteroatoms. The number of benzene rings is 1. The summed E-state index contributed by atoms with van der Waals surface area (Å²) in [5, 5.41) is 3.82. The lowest BCUT2D eigenvalue weighted by atomic mass is 10.0. The van der Waals surface area contributed by atoms with E-state index >= 15 is 0 Å². The van der Waals surface area contributed by atoms with Crippen molar-refractivity contribution in [2.75, 3.05) is 33.7 Å². The molecule has 2 rings (SSSR count). The summed E-state index contributed by atoms with van der Waals surface area (Å²) >= 11 is 0. The predicted octanol–water partition coefficient (Wildman–Crippen LogP) is 3.22. The number of likely N-dealkylation sites (N-methyl/N-ethyl adjacent to an activating group) is 1. The first kappa shape index (κ1) is 18.4. The summed E-state index contributed by atoms with van der Waals surface area (Å²) in [5.41, 5.74) is 1.43. The molecule has 1 unspecified atom stereocenters. The normalized spacial score (nSPS) is 18.7. The Hall–Kier alpha value is -0.900. The van der Waals surface area contributed by atoms with Crippen LogP contribution in [-0.2, 0) is 6.54 Å². The molecule has 1 N–H and O–H groups in total. The molecule has 0 aromatic heterocycles. The number of nitrogens with zero attached hydrogens (tertiary/aromatic N) is 2. The third kappa shape index (κ3) is 6.62. The molecule has 0 spiro atoms. The summed E-state index contributed by atoms with van der Waals surface area (Å²) in [7, 11) is 4.41. The van der Waals surface area contributed by atoms with Gasteiger partial charge in [0.25, 0.3) is 0 Å². The van der Waals surface area contributed by atoms with E-state index in [2.05, 4.69) is 73.4 Å². The monoisotopic (exact) mass is 317 g/mol. The fourth-order valence-electron chi connectivity index (χ4n) is 3.46. The fourth-order valence-corrected chi connectivity index (χ4v) is 3.46. The van der Waals surface area contributed by atoms with Crippen molar-refractivity contribution in [1.82, 2.24) is 15.1 Å². The Bertz CT molecular complexity index is 422. The summed E-state index contributed by atoms with van der Waals surface area (Å²) < 4.78 is 0. The van der Waals surface area contributed by atoms with E-state index < -0.39 is 0 Å². The topological polar surface area (TPSA) is 18.5 Å². The first-order valence-electron chi connectivity index (χ1n) is 9.20. The maximum atomic E-state index is 3.82. The first-order chi connectivity index (χ1) is 11.0. The highest BCUT2D eigenvalue weighted by atomic mass is 15.2. The molecule has 3 nitrogen and oxygen atoms in total. The van der Waals surface area contributed by atoms with Gasteiger partial charge in [0.2, 0.25) is 0 Å². The average molecular weight is 318 g/mol. The molecule has 0 amide bonds. The number of piperidine rings is 1. The number of rotatable bonds is 8. The average Bonchev–Trinajstić information content (AvgIpc) is 2.53. The summed E-state index contributed by atoms with van der Waals surface area (Å²) in [4.78, 5) is 4.96.